The van der Waals surface area contributed by atoms with Gasteiger partial charge in [-0.05, 0) is 36.5 Å². The lowest BCUT2D eigenvalue weighted by atomic mass is 10.0. The van der Waals surface area contributed by atoms with E-state index in [4.69, 9.17) is 10.5 Å². The van der Waals surface area contributed by atoms with Crippen molar-refractivity contribution in [2.24, 2.45) is 11.7 Å². The topological polar surface area (TPSA) is 35.2 Å². The van der Waals surface area contributed by atoms with Crippen LogP contribution in [0.2, 0.25) is 0 Å². The van der Waals surface area contributed by atoms with Gasteiger partial charge in [-0.3, -0.25) is 0 Å². The van der Waals surface area contributed by atoms with Crippen molar-refractivity contribution < 1.29 is 4.74 Å². The molecule has 2 N–H and O–H groups in total. The van der Waals surface area contributed by atoms with Crippen LogP contribution in [0.4, 0.5) is 0 Å². The number of nitrogens with two attached hydrogens (primary N) is 1. The second kappa shape index (κ2) is 6.54. The molecule has 0 aliphatic heterocycles. The van der Waals surface area contributed by atoms with E-state index in [1.54, 1.807) is 0 Å². The van der Waals surface area contributed by atoms with Gasteiger partial charge in [-0.25, -0.2) is 0 Å². The minimum atomic E-state index is 0.231. The molecule has 0 radical (unpaired) electrons. The van der Waals surface area contributed by atoms with E-state index in [0.717, 1.165) is 18.6 Å². The Morgan fingerprint density at radius 1 is 1.31 bits per heavy atom. The Hall–Kier alpha value is -1.02. The number of rotatable bonds is 6. The average molecular weight is 221 g/mol. The summed E-state index contributed by atoms with van der Waals surface area (Å²) in [5.74, 6) is 1.47. The molecule has 2 heteroatoms. The Bertz CT molecular complexity index is 309. The van der Waals surface area contributed by atoms with Crippen molar-refractivity contribution in [2.45, 2.75) is 39.7 Å². The third kappa shape index (κ3) is 4.23. The van der Waals surface area contributed by atoms with E-state index in [1.165, 1.54) is 5.56 Å². The van der Waals surface area contributed by atoms with Gasteiger partial charge in [0.05, 0.1) is 6.61 Å². The molecular formula is C14H23NO. The lowest BCUT2D eigenvalue weighted by Gasteiger charge is -2.15. The fourth-order valence-corrected chi connectivity index (χ4v) is 1.50. The Kier molecular flexibility index (Phi) is 5.33. The first kappa shape index (κ1) is 13.0. The highest BCUT2D eigenvalue weighted by Crippen LogP contribution is 2.14. The predicted molar refractivity (Wildman–Crippen MR) is 68.7 cm³/mol. The van der Waals surface area contributed by atoms with Crippen molar-refractivity contribution in [3.8, 4) is 5.75 Å². The summed E-state index contributed by atoms with van der Waals surface area (Å²) in [6, 6.07) is 8.49. The highest BCUT2D eigenvalue weighted by atomic mass is 16.5. The molecule has 16 heavy (non-hydrogen) atoms. The highest BCUT2D eigenvalue weighted by molar-refractivity contribution is 5.28. The maximum atomic E-state index is 5.96. The van der Waals surface area contributed by atoms with Crippen LogP contribution in [0.1, 0.15) is 32.8 Å². The fourth-order valence-electron chi connectivity index (χ4n) is 1.50. The Labute approximate surface area is 98.8 Å². The van der Waals surface area contributed by atoms with Gasteiger partial charge in [0.2, 0.25) is 0 Å². The van der Waals surface area contributed by atoms with E-state index in [9.17, 15) is 0 Å². The fraction of sp³-hybridized carbons (Fsp3) is 0.571. The molecular weight excluding hydrogens is 198 g/mol. The monoisotopic (exact) mass is 221 g/mol. The van der Waals surface area contributed by atoms with Crippen LogP contribution in [0.25, 0.3) is 0 Å². The van der Waals surface area contributed by atoms with Gasteiger partial charge in [0, 0.05) is 6.04 Å². The second-order valence-corrected chi connectivity index (χ2v) is 4.55. The van der Waals surface area contributed by atoms with Gasteiger partial charge in [0.15, 0.2) is 0 Å². The number of benzene rings is 1. The summed E-state index contributed by atoms with van der Waals surface area (Å²) in [5, 5.41) is 0. The van der Waals surface area contributed by atoms with Gasteiger partial charge >= 0.3 is 0 Å². The molecule has 2 nitrogen and oxygen atoms in total. The van der Waals surface area contributed by atoms with Gasteiger partial charge in [-0.15, -0.1) is 0 Å². The Morgan fingerprint density at radius 2 is 2.06 bits per heavy atom. The van der Waals surface area contributed by atoms with Crippen LogP contribution < -0.4 is 10.5 Å². The van der Waals surface area contributed by atoms with E-state index in [1.807, 2.05) is 12.1 Å². The van der Waals surface area contributed by atoms with Crippen molar-refractivity contribution in [3.05, 3.63) is 29.8 Å². The standard InChI is InChI=1S/C14H23NO/c1-4-12-6-5-7-13(10-12)16-9-8-14(15)11(2)3/h5-7,10-11,14H,4,8-9,15H2,1-3H3. The molecule has 0 bridgehead atoms. The summed E-state index contributed by atoms with van der Waals surface area (Å²) >= 11 is 0. The molecule has 0 spiro atoms. The zero-order valence-corrected chi connectivity index (χ0v) is 10.6. The van der Waals surface area contributed by atoms with Gasteiger partial charge in [0.1, 0.15) is 5.75 Å². The molecule has 1 unspecified atom stereocenters. The Morgan fingerprint density at radius 3 is 2.69 bits per heavy atom. The van der Waals surface area contributed by atoms with E-state index in [2.05, 4.69) is 32.9 Å². The predicted octanol–water partition coefficient (Wildman–Crippen LogP) is 3.00. The van der Waals surface area contributed by atoms with Crippen molar-refractivity contribution >= 4 is 0 Å². The van der Waals surface area contributed by atoms with Crippen molar-refractivity contribution in [3.63, 3.8) is 0 Å². The molecule has 1 aromatic rings. The van der Waals surface area contributed by atoms with Crippen LogP contribution >= 0.6 is 0 Å². The summed E-state index contributed by atoms with van der Waals surface area (Å²) in [6.45, 7) is 7.13. The quantitative estimate of drug-likeness (QED) is 0.801. The first-order valence-electron chi connectivity index (χ1n) is 6.10. The van der Waals surface area contributed by atoms with Gasteiger partial charge in [-0.1, -0.05) is 32.9 Å². The molecule has 0 aliphatic carbocycles. The smallest absolute Gasteiger partial charge is 0.119 e. The van der Waals surface area contributed by atoms with Gasteiger partial charge < -0.3 is 10.5 Å². The maximum Gasteiger partial charge on any atom is 0.119 e. The van der Waals surface area contributed by atoms with Crippen LogP contribution in [0.3, 0.4) is 0 Å². The molecule has 0 fully saturated rings. The zero-order chi connectivity index (χ0) is 12.0. The van der Waals surface area contributed by atoms with Crippen LogP contribution in [-0.2, 0) is 6.42 Å². The summed E-state index contributed by atoms with van der Waals surface area (Å²) in [4.78, 5) is 0. The SMILES string of the molecule is CCc1cccc(OCCC(N)C(C)C)c1. The van der Waals surface area contributed by atoms with Gasteiger partial charge in [0.25, 0.3) is 0 Å². The largest absolute Gasteiger partial charge is 0.494 e. The first-order chi connectivity index (χ1) is 7.63. The van der Waals surface area contributed by atoms with Crippen molar-refractivity contribution in [1.82, 2.24) is 0 Å². The van der Waals surface area contributed by atoms with Crippen LogP contribution in [-0.4, -0.2) is 12.6 Å². The third-order valence-corrected chi connectivity index (χ3v) is 2.88. The Balaban J connectivity index is 2.37. The number of hydrogen-bond acceptors (Lipinski definition) is 2. The molecule has 0 aliphatic rings. The van der Waals surface area contributed by atoms with Crippen molar-refractivity contribution in [1.29, 1.82) is 0 Å². The normalized spacial score (nSPS) is 12.8. The summed E-state index contributed by atoms with van der Waals surface area (Å²) in [7, 11) is 0. The van der Waals surface area contributed by atoms with Crippen LogP contribution in [0.15, 0.2) is 24.3 Å². The third-order valence-electron chi connectivity index (χ3n) is 2.88. The summed E-state index contributed by atoms with van der Waals surface area (Å²) in [5.41, 5.74) is 7.27. The van der Waals surface area contributed by atoms with Gasteiger partial charge in [-0.2, -0.15) is 0 Å². The molecule has 0 heterocycles. The van der Waals surface area contributed by atoms with Crippen molar-refractivity contribution in [2.75, 3.05) is 6.61 Å². The molecule has 0 saturated carbocycles. The van der Waals surface area contributed by atoms with E-state index < -0.39 is 0 Å². The average Bonchev–Trinajstić information content (AvgIpc) is 2.29. The number of hydrogen-bond donors (Lipinski definition) is 1. The maximum absolute atomic E-state index is 5.96. The molecule has 1 aromatic carbocycles. The van der Waals surface area contributed by atoms with E-state index in [-0.39, 0.29) is 6.04 Å². The number of aryl methyl sites for hydroxylation is 1. The minimum Gasteiger partial charge on any atom is -0.494 e. The molecule has 90 valence electrons. The molecule has 0 amide bonds. The first-order valence-corrected chi connectivity index (χ1v) is 6.10. The molecule has 0 aromatic heterocycles. The lowest BCUT2D eigenvalue weighted by Crippen LogP contribution is -2.28. The van der Waals surface area contributed by atoms with Crippen LogP contribution in [0.5, 0.6) is 5.75 Å². The van der Waals surface area contributed by atoms with E-state index >= 15 is 0 Å². The molecule has 1 atom stereocenters. The highest BCUT2D eigenvalue weighted by Gasteiger charge is 2.07. The zero-order valence-electron chi connectivity index (χ0n) is 10.6. The molecule has 1 rings (SSSR count). The summed E-state index contributed by atoms with van der Waals surface area (Å²) in [6.07, 6.45) is 1.96. The molecule has 0 saturated heterocycles. The van der Waals surface area contributed by atoms with Crippen LogP contribution in [0, 0.1) is 5.92 Å². The lowest BCUT2D eigenvalue weighted by molar-refractivity contribution is 0.282. The summed E-state index contributed by atoms with van der Waals surface area (Å²) < 4.78 is 5.69. The number of ether oxygens (including phenoxy) is 1. The van der Waals surface area contributed by atoms with E-state index in [0.29, 0.717) is 12.5 Å². The minimum absolute atomic E-state index is 0.231. The second-order valence-electron chi connectivity index (χ2n) is 4.55.